The Kier molecular flexibility index (Phi) is 6.75. The number of carbonyl (C=O) groups is 1. The zero-order valence-corrected chi connectivity index (χ0v) is 8.56. The number of hydrogen-bond acceptors (Lipinski definition) is 3. The Morgan fingerprint density at radius 3 is 2.33 bits per heavy atom. The SMILES string of the molecule is CNC1(C(N)=O)CCNC1.Cl.Cl. The van der Waals surface area contributed by atoms with Crippen LogP contribution in [0.4, 0.5) is 0 Å². The standard InChI is InChI=1S/C6H13N3O.2ClH/c1-8-6(5(7)10)2-3-9-4-6;;/h8-9H,2-4H2,1H3,(H2,7,10);2*1H. The molecule has 1 aliphatic rings. The predicted molar refractivity (Wildman–Crippen MR) is 53.0 cm³/mol. The number of likely N-dealkylation sites (N-methyl/N-ethyl adjacent to an activating group) is 1. The molecule has 0 aromatic rings. The highest BCUT2D eigenvalue weighted by atomic mass is 35.5. The van der Waals surface area contributed by atoms with Crippen LogP contribution in [0.1, 0.15) is 6.42 Å². The van der Waals surface area contributed by atoms with Gasteiger partial charge in [0.1, 0.15) is 5.54 Å². The monoisotopic (exact) mass is 215 g/mol. The van der Waals surface area contributed by atoms with Gasteiger partial charge in [-0.25, -0.2) is 0 Å². The van der Waals surface area contributed by atoms with Gasteiger partial charge >= 0.3 is 0 Å². The maximum atomic E-state index is 10.9. The summed E-state index contributed by atoms with van der Waals surface area (Å²) in [6, 6.07) is 0. The average Bonchev–Trinajstić information content (AvgIpc) is 2.35. The molecular formula is C6H15Cl2N3O. The molecule has 0 spiro atoms. The third-order valence-corrected chi connectivity index (χ3v) is 2.11. The van der Waals surface area contributed by atoms with E-state index in [-0.39, 0.29) is 30.7 Å². The molecule has 0 aromatic heterocycles. The van der Waals surface area contributed by atoms with Crippen molar-refractivity contribution in [3.05, 3.63) is 0 Å². The second-order valence-electron chi connectivity index (χ2n) is 2.62. The molecule has 1 atom stereocenters. The summed E-state index contributed by atoms with van der Waals surface area (Å²) in [5.41, 5.74) is 4.72. The number of amides is 1. The molecule has 0 radical (unpaired) electrons. The van der Waals surface area contributed by atoms with Gasteiger partial charge in [0.15, 0.2) is 0 Å². The summed E-state index contributed by atoms with van der Waals surface area (Å²) in [5, 5.41) is 6.02. The molecule has 0 aliphatic carbocycles. The fraction of sp³-hybridized carbons (Fsp3) is 0.833. The van der Waals surface area contributed by atoms with E-state index in [1.54, 1.807) is 7.05 Å². The highest BCUT2D eigenvalue weighted by molar-refractivity contribution is 5.86. The van der Waals surface area contributed by atoms with E-state index in [0.717, 1.165) is 13.0 Å². The summed E-state index contributed by atoms with van der Waals surface area (Å²) in [4.78, 5) is 10.9. The molecule has 74 valence electrons. The van der Waals surface area contributed by atoms with Crippen LogP contribution in [-0.4, -0.2) is 31.6 Å². The zero-order valence-electron chi connectivity index (χ0n) is 6.92. The highest BCUT2D eigenvalue weighted by Crippen LogP contribution is 2.12. The molecule has 1 aliphatic heterocycles. The normalized spacial score (nSPS) is 27.1. The topological polar surface area (TPSA) is 67.1 Å². The van der Waals surface area contributed by atoms with Crippen LogP contribution >= 0.6 is 24.8 Å². The number of hydrogen-bond donors (Lipinski definition) is 3. The summed E-state index contributed by atoms with van der Waals surface area (Å²) >= 11 is 0. The van der Waals surface area contributed by atoms with E-state index in [1.165, 1.54) is 0 Å². The Hall–Kier alpha value is -0.0300. The van der Waals surface area contributed by atoms with E-state index in [4.69, 9.17) is 5.73 Å². The molecular weight excluding hydrogens is 201 g/mol. The summed E-state index contributed by atoms with van der Waals surface area (Å²) in [7, 11) is 1.76. The number of nitrogens with two attached hydrogens (primary N) is 1. The van der Waals surface area contributed by atoms with Crippen LogP contribution in [0.25, 0.3) is 0 Å². The molecule has 1 heterocycles. The van der Waals surface area contributed by atoms with Gasteiger partial charge in [-0.05, 0) is 20.0 Å². The second-order valence-corrected chi connectivity index (χ2v) is 2.62. The smallest absolute Gasteiger partial charge is 0.239 e. The molecule has 0 saturated carbocycles. The Bertz CT molecular complexity index is 148. The summed E-state index contributed by atoms with van der Waals surface area (Å²) in [5.74, 6) is -0.264. The Balaban J connectivity index is 0. The first-order valence-electron chi connectivity index (χ1n) is 3.41. The van der Waals surface area contributed by atoms with Crippen LogP contribution in [0.5, 0.6) is 0 Å². The van der Waals surface area contributed by atoms with Crippen molar-refractivity contribution < 1.29 is 4.79 Å². The van der Waals surface area contributed by atoms with Crippen LogP contribution in [0.3, 0.4) is 0 Å². The van der Waals surface area contributed by atoms with Gasteiger partial charge in [-0.2, -0.15) is 0 Å². The lowest BCUT2D eigenvalue weighted by Gasteiger charge is -2.22. The lowest BCUT2D eigenvalue weighted by atomic mass is 9.98. The van der Waals surface area contributed by atoms with Crippen LogP contribution < -0.4 is 16.4 Å². The minimum Gasteiger partial charge on any atom is -0.368 e. The van der Waals surface area contributed by atoms with Gasteiger partial charge in [-0.3, -0.25) is 4.79 Å². The van der Waals surface area contributed by atoms with Gasteiger partial charge in [0.2, 0.25) is 5.91 Å². The van der Waals surface area contributed by atoms with Gasteiger partial charge in [-0.1, -0.05) is 0 Å². The molecule has 0 aromatic carbocycles. The molecule has 1 unspecified atom stereocenters. The maximum absolute atomic E-state index is 10.9. The van der Waals surface area contributed by atoms with Gasteiger partial charge < -0.3 is 16.4 Å². The lowest BCUT2D eigenvalue weighted by molar-refractivity contribution is -0.123. The molecule has 4 nitrogen and oxygen atoms in total. The quantitative estimate of drug-likeness (QED) is 0.570. The van der Waals surface area contributed by atoms with Crippen LogP contribution in [0.15, 0.2) is 0 Å². The molecule has 1 saturated heterocycles. The third kappa shape index (κ3) is 2.48. The van der Waals surface area contributed by atoms with E-state index >= 15 is 0 Å². The van der Waals surface area contributed by atoms with E-state index in [0.29, 0.717) is 6.54 Å². The Morgan fingerprint density at radius 1 is 1.58 bits per heavy atom. The second kappa shape index (κ2) is 5.59. The van der Waals surface area contributed by atoms with Crippen molar-refractivity contribution in [2.75, 3.05) is 20.1 Å². The summed E-state index contributed by atoms with van der Waals surface area (Å²) < 4.78 is 0. The number of primary amides is 1. The number of carbonyl (C=O) groups excluding carboxylic acids is 1. The largest absolute Gasteiger partial charge is 0.368 e. The highest BCUT2D eigenvalue weighted by Gasteiger charge is 2.37. The molecule has 1 amide bonds. The van der Waals surface area contributed by atoms with E-state index in [2.05, 4.69) is 10.6 Å². The molecule has 0 bridgehead atoms. The fourth-order valence-corrected chi connectivity index (χ4v) is 1.24. The van der Waals surface area contributed by atoms with Crippen molar-refractivity contribution >= 4 is 30.7 Å². The van der Waals surface area contributed by atoms with Crippen molar-refractivity contribution in [1.82, 2.24) is 10.6 Å². The van der Waals surface area contributed by atoms with E-state index in [1.807, 2.05) is 0 Å². The molecule has 6 heteroatoms. The number of halogens is 2. The van der Waals surface area contributed by atoms with Crippen molar-refractivity contribution in [3.63, 3.8) is 0 Å². The summed E-state index contributed by atoms with van der Waals surface area (Å²) in [6.07, 6.45) is 0.791. The van der Waals surface area contributed by atoms with E-state index in [9.17, 15) is 4.79 Å². The minimum absolute atomic E-state index is 0. The zero-order chi connectivity index (χ0) is 7.61. The molecule has 12 heavy (non-hydrogen) atoms. The maximum Gasteiger partial charge on any atom is 0.239 e. The van der Waals surface area contributed by atoms with Gasteiger partial charge in [0, 0.05) is 6.54 Å². The molecule has 1 fully saturated rings. The first kappa shape index (κ1) is 14.5. The van der Waals surface area contributed by atoms with Crippen molar-refractivity contribution in [1.29, 1.82) is 0 Å². The molecule has 4 N–H and O–H groups in total. The van der Waals surface area contributed by atoms with Crippen LogP contribution in [0, 0.1) is 0 Å². The Labute approximate surface area is 84.5 Å². The first-order chi connectivity index (χ1) is 4.71. The average molecular weight is 216 g/mol. The Morgan fingerprint density at radius 2 is 2.17 bits per heavy atom. The van der Waals surface area contributed by atoms with E-state index < -0.39 is 5.54 Å². The van der Waals surface area contributed by atoms with Crippen LogP contribution in [-0.2, 0) is 4.79 Å². The van der Waals surface area contributed by atoms with Gasteiger partial charge in [0.25, 0.3) is 0 Å². The minimum atomic E-state index is -0.486. The van der Waals surface area contributed by atoms with Gasteiger partial charge in [-0.15, -0.1) is 24.8 Å². The lowest BCUT2D eigenvalue weighted by Crippen LogP contribution is -2.55. The van der Waals surface area contributed by atoms with Crippen LogP contribution in [0.2, 0.25) is 0 Å². The summed E-state index contributed by atoms with van der Waals surface area (Å²) in [6.45, 7) is 1.52. The predicted octanol–water partition coefficient (Wildman–Crippen LogP) is -0.733. The molecule has 1 rings (SSSR count). The van der Waals surface area contributed by atoms with Crippen molar-refractivity contribution in [2.45, 2.75) is 12.0 Å². The van der Waals surface area contributed by atoms with Crippen molar-refractivity contribution in [3.8, 4) is 0 Å². The third-order valence-electron chi connectivity index (χ3n) is 2.11. The number of rotatable bonds is 2. The fourth-order valence-electron chi connectivity index (χ4n) is 1.24. The van der Waals surface area contributed by atoms with Crippen molar-refractivity contribution in [2.24, 2.45) is 5.73 Å². The first-order valence-corrected chi connectivity index (χ1v) is 3.41. The van der Waals surface area contributed by atoms with Gasteiger partial charge in [0.05, 0.1) is 0 Å². The number of nitrogens with one attached hydrogen (secondary N) is 2.